The highest BCUT2D eigenvalue weighted by molar-refractivity contribution is 6.00. The molecule has 2 rings (SSSR count). The van der Waals surface area contributed by atoms with Crippen LogP contribution < -0.4 is 54.0 Å². The van der Waals surface area contributed by atoms with Crippen molar-refractivity contribution in [1.29, 1.82) is 0 Å². The van der Waals surface area contributed by atoms with Gasteiger partial charge in [-0.2, -0.15) is 0 Å². The first-order valence-corrected chi connectivity index (χ1v) is 21.2. The van der Waals surface area contributed by atoms with Gasteiger partial charge in [-0.3, -0.25) is 43.2 Å². The van der Waals surface area contributed by atoms with Crippen LogP contribution in [-0.2, 0) is 43.2 Å². The summed E-state index contributed by atoms with van der Waals surface area (Å²) in [7, 11) is 0. The number of amides is 9. The van der Waals surface area contributed by atoms with E-state index >= 15 is 0 Å². The maximum atomic E-state index is 13.4. The lowest BCUT2D eigenvalue weighted by Gasteiger charge is -2.24. The fourth-order valence-electron chi connectivity index (χ4n) is 6.12. The number of rotatable bonds is 28. The van der Waals surface area contributed by atoms with E-state index < -0.39 is 115 Å². The third kappa shape index (κ3) is 19.1. The van der Waals surface area contributed by atoms with Crippen molar-refractivity contribution in [2.24, 2.45) is 11.5 Å². The van der Waals surface area contributed by atoms with Gasteiger partial charge in [0.05, 0.1) is 19.2 Å². The van der Waals surface area contributed by atoms with Crippen LogP contribution in [0.15, 0.2) is 54.6 Å². The van der Waals surface area contributed by atoms with Gasteiger partial charge in [0, 0.05) is 12.0 Å². The Morgan fingerprint density at radius 1 is 0.600 bits per heavy atom. The summed E-state index contributed by atoms with van der Waals surface area (Å²) in [5, 5.41) is 38.4. The monoisotopic (exact) mass is 910 g/mol. The summed E-state index contributed by atoms with van der Waals surface area (Å²) in [6, 6.07) is 8.40. The number of aliphatic hydroxyl groups excluding tert-OH is 1. The molecular weight excluding hydrogens is 849 g/mol. The number of benzene rings is 2. The van der Waals surface area contributed by atoms with Gasteiger partial charge in [-0.15, -0.1) is 0 Å². The van der Waals surface area contributed by atoms with Crippen LogP contribution in [0.4, 0.5) is 0 Å². The SMILES string of the molecule is CC[C@H](NC(=O)CNC(=O)[C@H](CC)NC(=O)[C@H](CCC(N)=O)NC(=O)[C@H](C)NC(=O)c1cccc(-c2ccccc2)c1)C(=O)NCC(=O)N[C@@H](CCCCN)C(=O)NC(C(=O)O)[C@@H](C)O. The molecular formula is C43H62N10O12. The Kier molecular flexibility index (Phi) is 23.3. The van der Waals surface area contributed by atoms with Gasteiger partial charge in [0.2, 0.25) is 47.3 Å². The van der Waals surface area contributed by atoms with E-state index in [9.17, 15) is 58.2 Å². The number of unbranched alkanes of at least 4 members (excludes halogenated alkanes) is 1. The van der Waals surface area contributed by atoms with Crippen LogP contribution in [-0.4, -0.2) is 131 Å². The normalized spacial score (nSPS) is 14.0. The lowest BCUT2D eigenvalue weighted by atomic mass is 10.0. The third-order valence-electron chi connectivity index (χ3n) is 9.88. The zero-order valence-corrected chi connectivity index (χ0v) is 36.9. The molecule has 356 valence electrons. The molecule has 9 amide bonds. The molecule has 0 saturated heterocycles. The molecule has 65 heavy (non-hydrogen) atoms. The molecule has 0 aromatic heterocycles. The lowest BCUT2D eigenvalue weighted by Crippen LogP contribution is -2.57. The number of aliphatic carboxylic acids is 1. The summed E-state index contributed by atoms with van der Waals surface area (Å²) in [4.78, 5) is 127. The van der Waals surface area contributed by atoms with Crippen molar-refractivity contribution in [2.45, 2.75) is 115 Å². The molecule has 0 aliphatic rings. The number of aliphatic hydroxyl groups is 1. The van der Waals surface area contributed by atoms with E-state index in [1.54, 1.807) is 32.0 Å². The van der Waals surface area contributed by atoms with Gasteiger partial charge < -0.3 is 64.2 Å². The van der Waals surface area contributed by atoms with Gasteiger partial charge in [-0.25, -0.2) is 4.79 Å². The minimum Gasteiger partial charge on any atom is -0.480 e. The van der Waals surface area contributed by atoms with Crippen LogP contribution >= 0.6 is 0 Å². The Morgan fingerprint density at radius 3 is 1.66 bits per heavy atom. The predicted molar refractivity (Wildman–Crippen MR) is 236 cm³/mol. The highest BCUT2D eigenvalue weighted by Crippen LogP contribution is 2.20. The molecule has 0 radical (unpaired) electrons. The standard InChI is InChI=1S/C43H62N10O12/c1-5-29(39(60)46-23-35(57)50-31(17-10-11-20-44)42(63)53-36(25(4)54)43(64)65)49-34(56)22-47-40(61)30(6-2)51-41(62)32(18-19-33(45)55)52-37(58)24(3)48-38(59)28-16-12-15-27(21-28)26-13-8-7-9-14-26/h7-9,12-16,21,24-25,29-32,36,54H,5-6,10-11,17-20,22-23,44H2,1-4H3,(H2,45,55)(H,46,60)(H,47,61)(H,48,59)(H,49,56)(H,50,57)(H,51,62)(H,52,58)(H,53,63)(H,64,65)/t24-,25+,29-,30-,31-,32-,36?/m0/s1. The van der Waals surface area contributed by atoms with Crippen LogP contribution in [0.25, 0.3) is 11.1 Å². The molecule has 0 saturated carbocycles. The molecule has 2 aromatic rings. The number of carbonyl (C=O) groups excluding carboxylic acids is 9. The minimum absolute atomic E-state index is 0.0302. The topological polar surface area (TPSA) is 359 Å². The van der Waals surface area contributed by atoms with Crippen molar-refractivity contribution in [1.82, 2.24) is 42.5 Å². The van der Waals surface area contributed by atoms with Crippen LogP contribution in [0.1, 0.15) is 83.0 Å². The lowest BCUT2D eigenvalue weighted by molar-refractivity contribution is -0.145. The second-order valence-electron chi connectivity index (χ2n) is 15.1. The molecule has 0 fully saturated rings. The van der Waals surface area contributed by atoms with Gasteiger partial charge in [-0.1, -0.05) is 56.3 Å². The van der Waals surface area contributed by atoms with Crippen LogP contribution in [0.5, 0.6) is 0 Å². The van der Waals surface area contributed by atoms with Crippen molar-refractivity contribution in [2.75, 3.05) is 19.6 Å². The number of nitrogens with one attached hydrogen (secondary N) is 8. The van der Waals surface area contributed by atoms with Gasteiger partial charge in [0.15, 0.2) is 6.04 Å². The minimum atomic E-state index is -1.64. The smallest absolute Gasteiger partial charge is 0.328 e. The summed E-state index contributed by atoms with van der Waals surface area (Å²) >= 11 is 0. The maximum absolute atomic E-state index is 13.4. The molecule has 22 nitrogen and oxygen atoms in total. The third-order valence-corrected chi connectivity index (χ3v) is 9.88. The first-order valence-electron chi connectivity index (χ1n) is 21.2. The van der Waals surface area contributed by atoms with Gasteiger partial charge in [-0.05, 0) is 82.2 Å². The van der Waals surface area contributed by atoms with Crippen LogP contribution in [0.2, 0.25) is 0 Å². The molecule has 0 bridgehead atoms. The van der Waals surface area contributed by atoms with Crippen molar-refractivity contribution < 1.29 is 58.2 Å². The average Bonchev–Trinajstić information content (AvgIpc) is 3.28. The van der Waals surface area contributed by atoms with E-state index in [0.717, 1.165) is 11.1 Å². The van der Waals surface area contributed by atoms with E-state index in [2.05, 4.69) is 42.5 Å². The summed E-state index contributed by atoms with van der Waals surface area (Å²) < 4.78 is 0. The Labute approximate surface area is 376 Å². The van der Waals surface area contributed by atoms with Crippen molar-refractivity contribution >= 4 is 59.1 Å². The summed E-state index contributed by atoms with van der Waals surface area (Å²) in [5.41, 5.74) is 12.8. The molecule has 0 spiro atoms. The molecule has 0 aliphatic heterocycles. The number of hydrogen-bond donors (Lipinski definition) is 12. The van der Waals surface area contributed by atoms with Gasteiger partial charge >= 0.3 is 5.97 Å². The quantitative estimate of drug-likeness (QED) is 0.0404. The van der Waals surface area contributed by atoms with Gasteiger partial charge in [0.25, 0.3) is 5.91 Å². The number of primary amides is 1. The van der Waals surface area contributed by atoms with E-state index in [0.29, 0.717) is 19.4 Å². The first-order chi connectivity index (χ1) is 30.8. The van der Waals surface area contributed by atoms with E-state index in [4.69, 9.17) is 11.5 Å². The Morgan fingerprint density at radius 2 is 1.12 bits per heavy atom. The molecule has 0 heterocycles. The van der Waals surface area contributed by atoms with E-state index in [1.807, 2.05) is 36.4 Å². The molecule has 0 aliphatic carbocycles. The maximum Gasteiger partial charge on any atom is 0.328 e. The van der Waals surface area contributed by atoms with Crippen molar-refractivity contribution in [3.63, 3.8) is 0 Å². The summed E-state index contributed by atoms with van der Waals surface area (Å²) in [6.07, 6.45) is -0.927. The second kappa shape index (κ2) is 28.0. The second-order valence-corrected chi connectivity index (χ2v) is 15.1. The average molecular weight is 911 g/mol. The van der Waals surface area contributed by atoms with E-state index in [1.165, 1.54) is 13.8 Å². The highest BCUT2D eigenvalue weighted by Gasteiger charge is 2.31. The number of carboxylic acid groups (broad SMARTS) is 1. The molecule has 2 aromatic carbocycles. The first kappa shape index (κ1) is 54.2. The Hall–Kier alpha value is -6.94. The molecule has 14 N–H and O–H groups in total. The fraction of sp³-hybridized carbons (Fsp3) is 0.488. The van der Waals surface area contributed by atoms with Crippen molar-refractivity contribution in [3.8, 4) is 11.1 Å². The summed E-state index contributed by atoms with van der Waals surface area (Å²) in [5.74, 6) is -8.47. The highest BCUT2D eigenvalue weighted by atomic mass is 16.4. The molecule has 1 unspecified atom stereocenters. The predicted octanol–water partition coefficient (Wildman–Crippen LogP) is -2.19. The summed E-state index contributed by atoms with van der Waals surface area (Å²) in [6.45, 7) is 4.75. The fourth-order valence-corrected chi connectivity index (χ4v) is 6.12. The number of carboxylic acids is 1. The van der Waals surface area contributed by atoms with E-state index in [-0.39, 0.29) is 37.7 Å². The van der Waals surface area contributed by atoms with Crippen LogP contribution in [0.3, 0.4) is 0 Å². The van der Waals surface area contributed by atoms with Crippen LogP contribution in [0, 0.1) is 0 Å². The Bertz CT molecular complexity index is 1980. The largest absolute Gasteiger partial charge is 0.480 e. The molecule has 7 atom stereocenters. The number of carbonyl (C=O) groups is 10. The number of nitrogens with two attached hydrogens (primary N) is 2. The zero-order valence-electron chi connectivity index (χ0n) is 36.9. The van der Waals surface area contributed by atoms with Gasteiger partial charge in [0.1, 0.15) is 30.2 Å². The molecule has 22 heteroatoms. The van der Waals surface area contributed by atoms with Crippen molar-refractivity contribution in [3.05, 3.63) is 60.2 Å². The zero-order chi connectivity index (χ0) is 48.6. The Balaban J connectivity index is 1.96. The number of hydrogen-bond acceptors (Lipinski definition) is 12.